The van der Waals surface area contributed by atoms with Crippen molar-refractivity contribution in [1.29, 1.82) is 0 Å². The van der Waals surface area contributed by atoms with Gasteiger partial charge in [0, 0.05) is 0 Å². The van der Waals surface area contributed by atoms with E-state index in [2.05, 4.69) is 260 Å². The lowest BCUT2D eigenvalue weighted by atomic mass is 9.91. The highest BCUT2D eigenvalue weighted by molar-refractivity contribution is 5.92. The minimum atomic E-state index is 0.820. The summed E-state index contributed by atoms with van der Waals surface area (Å²) in [7, 11) is 0. The average Bonchev–Trinajstić information content (AvgIpc) is 3.67. The first kappa shape index (κ1) is 69.5. The molecule has 0 saturated heterocycles. The minimum absolute atomic E-state index is 0.820. The molecule has 0 aliphatic heterocycles. The van der Waals surface area contributed by atoms with Crippen molar-refractivity contribution in [3.8, 4) is 12.8 Å². The maximum atomic E-state index is 4.46. The molecule has 0 heteroatoms. The van der Waals surface area contributed by atoms with E-state index in [0.29, 0.717) is 0 Å². The molecule has 0 fully saturated rings. The molecular weight excluding hydrogens is 829 g/mol. The molecule has 1 aliphatic rings. The molecule has 4 aromatic carbocycles. The van der Waals surface area contributed by atoms with Crippen LogP contribution < -0.4 is 0 Å². The van der Waals surface area contributed by atoms with Gasteiger partial charge in [0.2, 0.25) is 0 Å². The molecule has 0 unspecified atom stereocenters. The van der Waals surface area contributed by atoms with Crippen LogP contribution >= 0.6 is 0 Å². The van der Waals surface area contributed by atoms with Crippen molar-refractivity contribution in [3.05, 3.63) is 228 Å². The predicted octanol–water partition coefficient (Wildman–Crippen LogP) is 22.5. The van der Waals surface area contributed by atoms with E-state index in [1.165, 1.54) is 76.7 Å². The van der Waals surface area contributed by atoms with Crippen LogP contribution in [0.25, 0.3) is 27.9 Å². The Bertz CT molecular complexity index is 2120. The third-order valence-corrected chi connectivity index (χ3v) is 8.87. The first-order valence-electron chi connectivity index (χ1n) is 25.8. The van der Waals surface area contributed by atoms with Crippen molar-refractivity contribution >= 4 is 27.9 Å². The summed E-state index contributed by atoms with van der Waals surface area (Å²) in [6.45, 7) is 43.7. The lowest BCUT2D eigenvalue weighted by Gasteiger charge is -2.14. The van der Waals surface area contributed by atoms with Crippen molar-refractivity contribution in [1.82, 2.24) is 0 Å². The van der Waals surface area contributed by atoms with Crippen LogP contribution in [0.1, 0.15) is 183 Å². The third-order valence-electron chi connectivity index (χ3n) is 8.87. The molecule has 0 spiro atoms. The van der Waals surface area contributed by atoms with Gasteiger partial charge in [0.05, 0.1) is 0 Å². The van der Waals surface area contributed by atoms with Crippen LogP contribution in [-0.2, 0) is 0 Å². The zero-order valence-electron chi connectivity index (χ0n) is 47.1. The molecule has 0 bridgehead atoms. The van der Waals surface area contributed by atoms with Gasteiger partial charge in [-0.3, -0.25) is 0 Å². The van der Waals surface area contributed by atoms with E-state index in [1.54, 1.807) is 6.08 Å². The summed E-state index contributed by atoms with van der Waals surface area (Å²) in [4.78, 5) is 0. The van der Waals surface area contributed by atoms with Crippen LogP contribution in [0.2, 0.25) is 0 Å². The highest BCUT2D eigenvalue weighted by Gasteiger charge is 2.10. The molecule has 69 heavy (non-hydrogen) atoms. The standard InChI is InChI=1S/C45H40.3C4H10.C3H8.C3H6.2C2H6.C2H2/c1-34-28-43(42(27-26-38-18-10-5-6-11-19-38)30-35(2)39-20-12-7-13-21-39)33-44(29-34)45(31-36(3)40-22-14-8-15-23-40)32-37(4)41-24-16-9-17-25-41;1-4(2)3;2*1-3-4-2;2*1-3-2;3*1-2/h5,7-25,27-33H,3,26H2,1-2,4H3;4H,1-3H3;2*3-4H2,1-2H3;3H2,1-2H3;3H,1H2,2H3;2*1-2H3;1-2H/b35-30+,37-32+,42-27+,45-31+;;;;;;;;. The van der Waals surface area contributed by atoms with Crippen LogP contribution in [0.15, 0.2) is 194 Å². The first-order chi connectivity index (χ1) is 33.3. The fourth-order valence-corrected chi connectivity index (χ4v) is 5.40. The van der Waals surface area contributed by atoms with Gasteiger partial charge in [0.15, 0.2) is 0 Å². The molecule has 4 aromatic rings. The van der Waals surface area contributed by atoms with Gasteiger partial charge < -0.3 is 0 Å². The molecule has 0 aromatic heterocycles. The van der Waals surface area contributed by atoms with Crippen molar-refractivity contribution in [2.75, 3.05) is 0 Å². The number of allylic oxidation sites excluding steroid dienone is 15. The fourth-order valence-electron chi connectivity index (χ4n) is 5.40. The largest absolute Gasteiger partial charge is 0.124 e. The summed E-state index contributed by atoms with van der Waals surface area (Å²) in [5.41, 5.74) is 17.3. The zero-order valence-corrected chi connectivity index (χ0v) is 47.1. The second-order valence-corrected chi connectivity index (χ2v) is 16.3. The van der Waals surface area contributed by atoms with E-state index >= 15 is 0 Å². The molecular formula is C69H98. The van der Waals surface area contributed by atoms with E-state index in [9.17, 15) is 0 Å². The molecule has 5 rings (SSSR count). The second-order valence-electron chi connectivity index (χ2n) is 16.3. The second kappa shape index (κ2) is 49.8. The number of hydrogen-bond donors (Lipinski definition) is 0. The number of benzene rings is 4. The Labute approximate surface area is 428 Å². The summed E-state index contributed by atoms with van der Waals surface area (Å²) in [6, 6.07) is 38.5. The Balaban J connectivity index is -0.000000743. The van der Waals surface area contributed by atoms with Gasteiger partial charge in [-0.15, -0.1) is 25.2 Å². The number of aryl methyl sites for hydroxylation is 1. The summed E-state index contributed by atoms with van der Waals surface area (Å²) in [5, 5.41) is 0. The Kier molecular flexibility index (Phi) is 50.1. The smallest absolute Gasteiger partial charge is 0.00880 e. The Hall–Kier alpha value is -6.12. The molecule has 0 N–H and O–H groups in total. The molecule has 0 atom stereocenters. The third kappa shape index (κ3) is 36.6. The minimum Gasteiger partial charge on any atom is -0.124 e. The Morgan fingerprint density at radius 3 is 1.33 bits per heavy atom. The number of unbranched alkanes of at least 4 members (excludes halogenated alkanes) is 2. The molecule has 374 valence electrons. The quantitative estimate of drug-likeness (QED) is 0.0575. The van der Waals surface area contributed by atoms with Crippen LogP contribution in [0.5, 0.6) is 0 Å². The molecule has 0 amide bonds. The van der Waals surface area contributed by atoms with Crippen molar-refractivity contribution < 1.29 is 0 Å². The molecule has 0 nitrogen and oxygen atoms in total. The SMILES string of the molecule is C#C.C=C(/C=C(\C=C(/C)c1ccccc1)c1cc(C)cc(C(/C=C(\C)c2ccccc2)=C/CC2=CC=C=CC=C2)c1)c1ccccc1.C=CC.CC.CC.CC(C)C.CCC.CCCC.CCCC. The van der Waals surface area contributed by atoms with Crippen molar-refractivity contribution in [3.63, 3.8) is 0 Å². The van der Waals surface area contributed by atoms with Crippen LogP contribution in [0, 0.1) is 25.7 Å². The molecule has 1 aliphatic carbocycles. The lowest BCUT2D eigenvalue weighted by Crippen LogP contribution is -1.93. The van der Waals surface area contributed by atoms with Crippen molar-refractivity contribution in [2.24, 2.45) is 5.92 Å². The van der Waals surface area contributed by atoms with E-state index in [1.807, 2.05) is 52.8 Å². The summed E-state index contributed by atoms with van der Waals surface area (Å²) in [5.74, 6) is 0.833. The highest BCUT2D eigenvalue weighted by atomic mass is 14.1. The van der Waals surface area contributed by atoms with Crippen LogP contribution in [0.3, 0.4) is 0 Å². The zero-order chi connectivity index (χ0) is 53.3. The topological polar surface area (TPSA) is 0 Å². The van der Waals surface area contributed by atoms with E-state index < -0.39 is 0 Å². The maximum Gasteiger partial charge on any atom is -0.00880 e. The monoisotopic (exact) mass is 927 g/mol. The molecule has 0 saturated carbocycles. The number of terminal acetylenes is 1. The number of rotatable bonds is 12. The van der Waals surface area contributed by atoms with Crippen LogP contribution in [-0.4, -0.2) is 0 Å². The first-order valence-corrected chi connectivity index (χ1v) is 25.8. The van der Waals surface area contributed by atoms with E-state index in [4.69, 9.17) is 0 Å². The van der Waals surface area contributed by atoms with Crippen molar-refractivity contribution in [2.45, 2.75) is 156 Å². The highest BCUT2D eigenvalue weighted by Crippen LogP contribution is 2.31. The van der Waals surface area contributed by atoms with Gasteiger partial charge >= 0.3 is 0 Å². The van der Waals surface area contributed by atoms with Crippen LogP contribution in [0.4, 0.5) is 0 Å². The summed E-state index contributed by atoms with van der Waals surface area (Å²) >= 11 is 0. The number of hydrogen-bond acceptors (Lipinski definition) is 0. The Morgan fingerprint density at radius 2 is 0.942 bits per heavy atom. The normalized spacial score (nSPS) is 11.1. The lowest BCUT2D eigenvalue weighted by molar-refractivity contribution is 0.737. The molecule has 0 radical (unpaired) electrons. The maximum absolute atomic E-state index is 4.46. The van der Waals surface area contributed by atoms with E-state index in [0.717, 1.165) is 34.6 Å². The summed E-state index contributed by atoms with van der Waals surface area (Å²) < 4.78 is 0. The van der Waals surface area contributed by atoms with Gasteiger partial charge in [0.1, 0.15) is 0 Å². The fraction of sp³-hybridized carbons (Fsp3) is 0.348. The molecule has 0 heterocycles. The summed E-state index contributed by atoms with van der Waals surface area (Å²) in [6.07, 6.45) is 36.5. The van der Waals surface area contributed by atoms with Gasteiger partial charge in [-0.05, 0) is 131 Å². The van der Waals surface area contributed by atoms with Gasteiger partial charge in [0.25, 0.3) is 0 Å². The van der Waals surface area contributed by atoms with Gasteiger partial charge in [-0.1, -0.05) is 274 Å². The Morgan fingerprint density at radius 1 is 0.580 bits per heavy atom. The van der Waals surface area contributed by atoms with E-state index in [-0.39, 0.29) is 0 Å². The van der Waals surface area contributed by atoms with Gasteiger partial charge in [-0.2, -0.15) is 0 Å². The van der Waals surface area contributed by atoms with Gasteiger partial charge in [-0.25, -0.2) is 0 Å². The average molecular weight is 928 g/mol. The predicted molar refractivity (Wildman–Crippen MR) is 323 cm³/mol.